The van der Waals surface area contributed by atoms with E-state index in [0.717, 1.165) is 5.69 Å². The number of hydrogen-bond acceptors (Lipinski definition) is 3. The summed E-state index contributed by atoms with van der Waals surface area (Å²) in [6.07, 6.45) is 0.713. The smallest absolute Gasteiger partial charge is 0.0625 e. The van der Waals surface area contributed by atoms with Gasteiger partial charge in [0.1, 0.15) is 0 Å². The van der Waals surface area contributed by atoms with Crippen molar-refractivity contribution in [3.63, 3.8) is 0 Å². The molecule has 16 heavy (non-hydrogen) atoms. The van der Waals surface area contributed by atoms with E-state index in [9.17, 15) is 0 Å². The maximum atomic E-state index is 9.16. The second kappa shape index (κ2) is 4.55. The molecule has 92 valence electrons. The lowest BCUT2D eigenvalue weighted by Crippen LogP contribution is -2.42. The summed E-state index contributed by atoms with van der Waals surface area (Å²) in [6.45, 7) is 10.1. The number of aromatic nitrogens is 2. The zero-order chi connectivity index (χ0) is 12.5. The number of aryl methyl sites for hydroxylation is 1. The van der Waals surface area contributed by atoms with Crippen LogP contribution in [0.3, 0.4) is 0 Å². The Morgan fingerprint density at radius 3 is 2.38 bits per heavy atom. The van der Waals surface area contributed by atoms with Gasteiger partial charge in [0.2, 0.25) is 0 Å². The molecule has 0 spiro atoms. The second-order valence-corrected chi connectivity index (χ2v) is 5.11. The van der Waals surface area contributed by atoms with Crippen molar-refractivity contribution >= 4 is 0 Å². The molecule has 1 aromatic heterocycles. The van der Waals surface area contributed by atoms with Crippen LogP contribution in [0.25, 0.3) is 0 Å². The molecular weight excluding hydrogens is 202 g/mol. The van der Waals surface area contributed by atoms with Crippen LogP contribution in [0.4, 0.5) is 0 Å². The molecule has 1 heterocycles. The highest BCUT2D eigenvalue weighted by Crippen LogP contribution is 2.22. The summed E-state index contributed by atoms with van der Waals surface area (Å²) in [5.74, 6) is 0. The van der Waals surface area contributed by atoms with E-state index in [1.807, 2.05) is 18.5 Å². The molecule has 4 heteroatoms. The van der Waals surface area contributed by atoms with Crippen LogP contribution >= 0.6 is 0 Å². The van der Waals surface area contributed by atoms with Crippen LogP contribution in [-0.2, 0) is 0 Å². The molecule has 0 saturated heterocycles. The van der Waals surface area contributed by atoms with Crippen molar-refractivity contribution in [3.05, 3.63) is 17.0 Å². The maximum absolute atomic E-state index is 9.16. The van der Waals surface area contributed by atoms with Crippen molar-refractivity contribution in [1.29, 1.82) is 0 Å². The summed E-state index contributed by atoms with van der Waals surface area (Å²) >= 11 is 0. The lowest BCUT2D eigenvalue weighted by molar-refractivity contribution is 0.182. The van der Waals surface area contributed by atoms with Crippen LogP contribution in [0.1, 0.15) is 43.3 Å². The Morgan fingerprint density at radius 2 is 2.00 bits per heavy atom. The van der Waals surface area contributed by atoms with Crippen LogP contribution in [-0.4, -0.2) is 27.0 Å². The molecular formula is C12H23N3O. The van der Waals surface area contributed by atoms with E-state index >= 15 is 0 Å². The highest BCUT2D eigenvalue weighted by Gasteiger charge is 2.23. The number of nitrogens with two attached hydrogens (primary N) is 1. The van der Waals surface area contributed by atoms with E-state index in [1.54, 1.807) is 0 Å². The summed E-state index contributed by atoms with van der Waals surface area (Å²) < 4.78 is 2.01. The number of hydrogen-bond donors (Lipinski definition) is 2. The molecule has 0 aliphatic carbocycles. The average Bonchev–Trinajstić information content (AvgIpc) is 2.45. The van der Waals surface area contributed by atoms with Crippen molar-refractivity contribution in [3.8, 4) is 0 Å². The zero-order valence-corrected chi connectivity index (χ0v) is 10.9. The molecule has 0 aromatic carbocycles. The largest absolute Gasteiger partial charge is 0.394 e. The van der Waals surface area contributed by atoms with Gasteiger partial charge >= 0.3 is 0 Å². The number of nitrogens with zero attached hydrogens (tertiary/aromatic N) is 2. The molecule has 2 unspecified atom stereocenters. The van der Waals surface area contributed by atoms with E-state index in [-0.39, 0.29) is 12.6 Å². The van der Waals surface area contributed by atoms with Crippen LogP contribution in [0.5, 0.6) is 0 Å². The first-order valence-electron chi connectivity index (χ1n) is 5.70. The Bertz CT molecular complexity index is 369. The summed E-state index contributed by atoms with van der Waals surface area (Å²) in [7, 11) is 0. The van der Waals surface area contributed by atoms with Gasteiger partial charge in [-0.3, -0.25) is 4.68 Å². The topological polar surface area (TPSA) is 64.1 Å². The van der Waals surface area contributed by atoms with Gasteiger partial charge < -0.3 is 10.8 Å². The van der Waals surface area contributed by atoms with E-state index in [0.29, 0.717) is 6.42 Å². The van der Waals surface area contributed by atoms with Gasteiger partial charge in [-0.15, -0.1) is 0 Å². The molecule has 0 bridgehead atoms. The molecule has 1 aromatic rings. The molecule has 4 nitrogen and oxygen atoms in total. The van der Waals surface area contributed by atoms with Crippen LogP contribution in [0.15, 0.2) is 0 Å². The fourth-order valence-corrected chi connectivity index (χ4v) is 2.00. The predicted molar refractivity (Wildman–Crippen MR) is 65.4 cm³/mol. The molecule has 0 amide bonds. The van der Waals surface area contributed by atoms with Gasteiger partial charge in [-0.1, -0.05) is 0 Å². The number of rotatable bonds is 4. The summed E-state index contributed by atoms with van der Waals surface area (Å²) in [5.41, 5.74) is 8.89. The van der Waals surface area contributed by atoms with Gasteiger partial charge in [0.05, 0.1) is 18.3 Å². The Kier molecular flexibility index (Phi) is 3.76. The highest BCUT2D eigenvalue weighted by molar-refractivity contribution is 5.22. The van der Waals surface area contributed by atoms with Crippen molar-refractivity contribution in [2.75, 3.05) is 6.61 Å². The Labute approximate surface area is 97.5 Å². The minimum absolute atomic E-state index is 0.00434. The fourth-order valence-electron chi connectivity index (χ4n) is 2.00. The zero-order valence-electron chi connectivity index (χ0n) is 10.9. The Balaban J connectivity index is 2.89. The SMILES string of the molecule is Cc1nn(C(C)CC(C)(N)CO)c(C)c1C. The van der Waals surface area contributed by atoms with E-state index < -0.39 is 5.54 Å². The molecule has 0 fully saturated rings. The van der Waals surface area contributed by atoms with Gasteiger partial charge in [-0.2, -0.15) is 5.10 Å². The van der Waals surface area contributed by atoms with Gasteiger partial charge in [0, 0.05) is 11.2 Å². The minimum Gasteiger partial charge on any atom is -0.394 e. The van der Waals surface area contributed by atoms with Crippen molar-refractivity contribution in [2.45, 2.75) is 52.6 Å². The third kappa shape index (κ3) is 2.62. The quantitative estimate of drug-likeness (QED) is 0.815. The minimum atomic E-state index is -0.542. The van der Waals surface area contributed by atoms with Gasteiger partial charge in [-0.25, -0.2) is 0 Å². The van der Waals surface area contributed by atoms with Gasteiger partial charge in [0.25, 0.3) is 0 Å². The van der Waals surface area contributed by atoms with Crippen molar-refractivity contribution in [1.82, 2.24) is 9.78 Å². The molecule has 0 aliphatic rings. The number of aliphatic hydroxyl groups excluding tert-OH is 1. The Hall–Kier alpha value is -0.870. The van der Waals surface area contributed by atoms with Crippen molar-refractivity contribution < 1.29 is 5.11 Å². The first kappa shape index (κ1) is 13.2. The summed E-state index contributed by atoms with van der Waals surface area (Å²) in [4.78, 5) is 0. The molecule has 0 saturated carbocycles. The third-order valence-electron chi connectivity index (χ3n) is 3.23. The van der Waals surface area contributed by atoms with Crippen LogP contribution in [0, 0.1) is 20.8 Å². The lowest BCUT2D eigenvalue weighted by atomic mass is 9.96. The maximum Gasteiger partial charge on any atom is 0.0625 e. The first-order valence-corrected chi connectivity index (χ1v) is 5.70. The standard InChI is InChI=1S/C12H23N3O/c1-8(6-12(5,13)7-16)15-11(4)9(2)10(3)14-15/h8,16H,6-7,13H2,1-5H3. The molecule has 2 atom stereocenters. The van der Waals surface area contributed by atoms with Crippen LogP contribution in [0.2, 0.25) is 0 Å². The monoisotopic (exact) mass is 225 g/mol. The van der Waals surface area contributed by atoms with E-state index in [2.05, 4.69) is 25.9 Å². The summed E-state index contributed by atoms with van der Waals surface area (Å²) in [6, 6.07) is 0.203. The highest BCUT2D eigenvalue weighted by atomic mass is 16.3. The third-order valence-corrected chi connectivity index (χ3v) is 3.23. The molecule has 1 rings (SSSR count). The molecule has 0 radical (unpaired) electrons. The average molecular weight is 225 g/mol. The normalized spacial score (nSPS) is 17.2. The van der Waals surface area contributed by atoms with E-state index in [4.69, 9.17) is 10.8 Å². The van der Waals surface area contributed by atoms with Gasteiger partial charge in [0.15, 0.2) is 0 Å². The summed E-state index contributed by atoms with van der Waals surface area (Å²) in [5, 5.41) is 13.7. The Morgan fingerprint density at radius 1 is 1.44 bits per heavy atom. The van der Waals surface area contributed by atoms with Gasteiger partial charge in [-0.05, 0) is 46.6 Å². The van der Waals surface area contributed by atoms with Crippen LogP contribution < -0.4 is 5.73 Å². The van der Waals surface area contributed by atoms with Crippen molar-refractivity contribution in [2.24, 2.45) is 5.73 Å². The predicted octanol–water partition coefficient (Wildman–Crippen LogP) is 1.47. The lowest BCUT2D eigenvalue weighted by Gasteiger charge is -2.26. The molecule has 3 N–H and O–H groups in total. The molecule has 0 aliphatic heterocycles. The number of aliphatic hydroxyl groups is 1. The second-order valence-electron chi connectivity index (χ2n) is 5.11. The first-order chi connectivity index (χ1) is 7.28. The fraction of sp³-hybridized carbons (Fsp3) is 0.750. The van der Waals surface area contributed by atoms with E-state index in [1.165, 1.54) is 11.3 Å².